The highest BCUT2D eigenvalue weighted by atomic mass is 16.7. The molecule has 7 heteroatoms. The Hall–Kier alpha value is -2.90. The Bertz CT molecular complexity index is 848. The minimum absolute atomic E-state index is 0.263. The second kappa shape index (κ2) is 7.38. The van der Waals surface area contributed by atoms with Gasteiger partial charge in [0.1, 0.15) is 0 Å². The summed E-state index contributed by atoms with van der Waals surface area (Å²) in [4.78, 5) is 28.2. The Labute approximate surface area is 158 Å². The summed E-state index contributed by atoms with van der Waals surface area (Å²) in [7, 11) is 6.18. The maximum Gasteiger partial charge on any atom is 0.321 e. The predicted molar refractivity (Wildman–Crippen MR) is 102 cm³/mol. The average Bonchev–Trinajstić information content (AvgIpc) is 2.90. The Morgan fingerprint density at radius 3 is 2.37 bits per heavy atom. The van der Waals surface area contributed by atoms with Crippen LogP contribution in [0.1, 0.15) is 11.1 Å². The maximum atomic E-state index is 13.2. The first-order valence-corrected chi connectivity index (χ1v) is 8.52. The minimum atomic E-state index is -1.54. The van der Waals surface area contributed by atoms with E-state index >= 15 is 0 Å². The van der Waals surface area contributed by atoms with E-state index in [1.165, 1.54) is 19.1 Å². The summed E-state index contributed by atoms with van der Waals surface area (Å²) in [5.41, 5.74) is 2.80. The van der Waals surface area contributed by atoms with E-state index in [4.69, 9.17) is 9.47 Å². The summed E-state index contributed by atoms with van der Waals surface area (Å²) in [6.07, 6.45) is 0. The second-order valence-electron chi connectivity index (χ2n) is 6.46. The van der Waals surface area contributed by atoms with Crippen LogP contribution in [0, 0.1) is 0 Å². The molecular formula is C20H23N3O4. The molecule has 0 fully saturated rings. The molecule has 1 N–H and O–H groups in total. The van der Waals surface area contributed by atoms with Gasteiger partial charge in [-0.1, -0.05) is 30.3 Å². The van der Waals surface area contributed by atoms with Gasteiger partial charge < -0.3 is 24.6 Å². The van der Waals surface area contributed by atoms with Crippen LogP contribution in [-0.4, -0.2) is 45.2 Å². The number of hydrogen-bond donors (Lipinski definition) is 1. The summed E-state index contributed by atoms with van der Waals surface area (Å²) < 4.78 is 11.1. The van der Waals surface area contributed by atoms with Gasteiger partial charge in [-0.2, -0.15) is 0 Å². The number of amides is 3. The van der Waals surface area contributed by atoms with Crippen LogP contribution in [-0.2, 0) is 26.6 Å². The fourth-order valence-electron chi connectivity index (χ4n) is 3.15. The first kappa shape index (κ1) is 18.9. The van der Waals surface area contributed by atoms with Gasteiger partial charge in [0.2, 0.25) is 0 Å². The molecule has 0 saturated carbocycles. The van der Waals surface area contributed by atoms with Crippen LogP contribution < -0.4 is 10.2 Å². The van der Waals surface area contributed by atoms with Gasteiger partial charge in [-0.3, -0.25) is 4.79 Å². The molecule has 2 aromatic carbocycles. The molecule has 1 aliphatic heterocycles. The van der Waals surface area contributed by atoms with E-state index < -0.39 is 5.79 Å². The van der Waals surface area contributed by atoms with Crippen LogP contribution in [0.3, 0.4) is 0 Å². The molecule has 3 amide bonds. The zero-order chi connectivity index (χ0) is 19.6. The van der Waals surface area contributed by atoms with Gasteiger partial charge in [-0.05, 0) is 23.8 Å². The van der Waals surface area contributed by atoms with Crippen molar-refractivity contribution in [3.63, 3.8) is 0 Å². The van der Waals surface area contributed by atoms with Crippen LogP contribution >= 0.6 is 0 Å². The number of nitrogens with zero attached hydrogens (tertiary/aromatic N) is 2. The molecule has 3 rings (SSSR count). The average molecular weight is 369 g/mol. The van der Waals surface area contributed by atoms with Crippen molar-refractivity contribution < 1.29 is 19.1 Å². The largest absolute Gasteiger partial charge is 0.342 e. The first-order chi connectivity index (χ1) is 12.9. The van der Waals surface area contributed by atoms with Crippen LogP contribution in [0.2, 0.25) is 0 Å². The molecule has 1 heterocycles. The van der Waals surface area contributed by atoms with Crippen LogP contribution in [0.25, 0.3) is 0 Å². The van der Waals surface area contributed by atoms with E-state index in [0.29, 0.717) is 23.5 Å². The smallest absolute Gasteiger partial charge is 0.321 e. The standard InChI is InChI=1S/C20H23N3O4/c1-22(2)19(25)21-15-10-11-17-16(12-15)20(26-3,27-4)18(24)23(17)13-14-8-6-5-7-9-14/h5-12H,13H2,1-4H3,(H,21,25). The lowest BCUT2D eigenvalue weighted by molar-refractivity contribution is -0.209. The highest BCUT2D eigenvalue weighted by Gasteiger charge is 2.52. The summed E-state index contributed by atoms with van der Waals surface area (Å²) in [6.45, 7) is 0.393. The Kier molecular flexibility index (Phi) is 5.16. The molecule has 7 nitrogen and oxygen atoms in total. The molecule has 0 atom stereocenters. The Morgan fingerprint density at radius 1 is 1.11 bits per heavy atom. The van der Waals surface area contributed by atoms with Crippen molar-refractivity contribution in [2.45, 2.75) is 12.3 Å². The van der Waals surface area contributed by atoms with Gasteiger partial charge in [0.15, 0.2) is 0 Å². The number of fused-ring (bicyclic) bond motifs is 1. The van der Waals surface area contributed by atoms with E-state index in [9.17, 15) is 9.59 Å². The molecule has 27 heavy (non-hydrogen) atoms. The van der Waals surface area contributed by atoms with Crippen molar-refractivity contribution in [2.75, 3.05) is 38.5 Å². The molecule has 2 aromatic rings. The monoisotopic (exact) mass is 369 g/mol. The summed E-state index contributed by atoms with van der Waals surface area (Å²) in [6, 6.07) is 14.7. The van der Waals surface area contributed by atoms with E-state index in [1.807, 2.05) is 30.3 Å². The molecule has 0 bridgehead atoms. The number of rotatable bonds is 5. The fraction of sp³-hybridized carbons (Fsp3) is 0.300. The number of urea groups is 1. The fourth-order valence-corrected chi connectivity index (χ4v) is 3.15. The van der Waals surface area contributed by atoms with Crippen molar-refractivity contribution in [1.82, 2.24) is 4.90 Å². The number of nitrogens with one attached hydrogen (secondary N) is 1. The number of carbonyl (C=O) groups is 2. The molecule has 0 aromatic heterocycles. The van der Waals surface area contributed by atoms with Gasteiger partial charge in [-0.15, -0.1) is 0 Å². The van der Waals surface area contributed by atoms with Gasteiger partial charge in [0.25, 0.3) is 11.7 Å². The predicted octanol–water partition coefficient (Wildman–Crippen LogP) is 2.77. The zero-order valence-electron chi connectivity index (χ0n) is 15.9. The summed E-state index contributed by atoms with van der Waals surface area (Å²) in [5.74, 6) is -1.84. The molecule has 0 spiro atoms. The van der Waals surface area contributed by atoms with Gasteiger partial charge in [0, 0.05) is 39.6 Å². The van der Waals surface area contributed by atoms with Gasteiger partial charge in [-0.25, -0.2) is 4.79 Å². The zero-order valence-corrected chi connectivity index (χ0v) is 15.9. The number of hydrogen-bond acceptors (Lipinski definition) is 4. The molecule has 0 aliphatic carbocycles. The van der Waals surface area contributed by atoms with Crippen LogP contribution in [0.4, 0.5) is 16.2 Å². The van der Waals surface area contributed by atoms with Crippen molar-refractivity contribution in [3.8, 4) is 0 Å². The highest BCUT2D eigenvalue weighted by Crippen LogP contribution is 2.44. The molecule has 0 unspecified atom stereocenters. The minimum Gasteiger partial charge on any atom is -0.342 e. The topological polar surface area (TPSA) is 71.1 Å². The van der Waals surface area contributed by atoms with Crippen LogP contribution in [0.15, 0.2) is 48.5 Å². The third kappa shape index (κ3) is 3.27. The number of anilines is 2. The van der Waals surface area contributed by atoms with E-state index in [-0.39, 0.29) is 11.9 Å². The molecule has 0 saturated heterocycles. The normalized spacial score (nSPS) is 14.8. The summed E-state index contributed by atoms with van der Waals surface area (Å²) >= 11 is 0. The van der Waals surface area contributed by atoms with E-state index in [1.54, 1.807) is 37.2 Å². The molecule has 142 valence electrons. The van der Waals surface area contributed by atoms with E-state index in [2.05, 4.69) is 5.32 Å². The lowest BCUT2D eigenvalue weighted by Crippen LogP contribution is -2.43. The molecule has 1 aliphatic rings. The van der Waals surface area contributed by atoms with Gasteiger partial charge in [0.05, 0.1) is 12.2 Å². The maximum absolute atomic E-state index is 13.2. The van der Waals surface area contributed by atoms with Crippen molar-refractivity contribution >= 4 is 23.3 Å². The van der Waals surface area contributed by atoms with Crippen molar-refractivity contribution in [2.24, 2.45) is 0 Å². The lowest BCUT2D eigenvalue weighted by Gasteiger charge is -2.25. The second-order valence-corrected chi connectivity index (χ2v) is 6.46. The number of methoxy groups -OCH3 is 2. The summed E-state index contributed by atoms with van der Waals surface area (Å²) in [5, 5.41) is 2.78. The van der Waals surface area contributed by atoms with Crippen molar-refractivity contribution in [3.05, 3.63) is 59.7 Å². The SMILES string of the molecule is COC1(OC)C(=O)N(Cc2ccccc2)c2ccc(NC(=O)N(C)C)cc21. The number of ether oxygens (including phenoxy) is 2. The Balaban J connectivity index is 2.02. The first-order valence-electron chi connectivity index (χ1n) is 8.52. The number of carbonyl (C=O) groups excluding carboxylic acids is 2. The van der Waals surface area contributed by atoms with E-state index in [0.717, 1.165) is 5.56 Å². The molecule has 0 radical (unpaired) electrons. The molecular weight excluding hydrogens is 346 g/mol. The lowest BCUT2D eigenvalue weighted by atomic mass is 10.1. The third-order valence-electron chi connectivity index (χ3n) is 4.58. The number of benzene rings is 2. The third-order valence-corrected chi connectivity index (χ3v) is 4.58. The Morgan fingerprint density at radius 2 is 1.78 bits per heavy atom. The quantitative estimate of drug-likeness (QED) is 0.823. The highest BCUT2D eigenvalue weighted by molar-refractivity contribution is 6.06. The van der Waals surface area contributed by atoms with Crippen molar-refractivity contribution in [1.29, 1.82) is 0 Å². The van der Waals surface area contributed by atoms with Gasteiger partial charge >= 0.3 is 6.03 Å². The van der Waals surface area contributed by atoms with Crippen LogP contribution in [0.5, 0.6) is 0 Å².